The molecule has 1 N–H and O–H groups in total. The fourth-order valence-electron chi connectivity index (χ4n) is 3.03. The maximum absolute atomic E-state index is 12.8. The highest BCUT2D eigenvalue weighted by molar-refractivity contribution is 7.89. The van der Waals surface area contributed by atoms with E-state index in [4.69, 9.17) is 0 Å². The molecule has 2 aromatic carbocycles. The summed E-state index contributed by atoms with van der Waals surface area (Å²) in [6.45, 7) is 9.64. The van der Waals surface area contributed by atoms with Crippen LogP contribution in [0.15, 0.2) is 84.1 Å². The molecule has 0 atom stereocenters. The molecular weight excluding hydrogens is 442 g/mol. The minimum Gasteiger partial charge on any atom is -0.298 e. The van der Waals surface area contributed by atoms with Crippen molar-refractivity contribution < 1.29 is 13.2 Å². The molecule has 3 rings (SSSR count). The topological polar surface area (TPSA) is 79.4 Å². The van der Waals surface area contributed by atoms with Crippen molar-refractivity contribution in [3.05, 3.63) is 90.3 Å². The molecule has 0 unspecified atom stereocenters. The van der Waals surface area contributed by atoms with Crippen molar-refractivity contribution in [1.82, 2.24) is 9.29 Å². The molecule has 1 heterocycles. The van der Waals surface area contributed by atoms with E-state index in [0.29, 0.717) is 10.7 Å². The highest BCUT2D eigenvalue weighted by Gasteiger charge is 2.22. The van der Waals surface area contributed by atoms with E-state index in [9.17, 15) is 13.2 Å². The summed E-state index contributed by atoms with van der Waals surface area (Å²) in [4.78, 5) is 17.2. The standard InChI is InChI=1S/C24H25N3O3S2/c1-4-15-27(16-5-2)32(29,30)21-13-11-20(12-14-21)23(28)26-24-25-22(17-31-24)19-9-7-18(6-3)8-10-19/h4-5,7-14,17H,1-2,6,15-16H2,3H3,(H,25,26,28). The summed E-state index contributed by atoms with van der Waals surface area (Å²) in [5.41, 5.74) is 3.36. The number of thiazole rings is 1. The minimum absolute atomic E-state index is 0.102. The molecule has 32 heavy (non-hydrogen) atoms. The molecule has 0 saturated carbocycles. The van der Waals surface area contributed by atoms with Crippen molar-refractivity contribution in [1.29, 1.82) is 0 Å². The summed E-state index contributed by atoms with van der Waals surface area (Å²) in [7, 11) is -3.71. The molecule has 8 heteroatoms. The van der Waals surface area contributed by atoms with Crippen LogP contribution in [0.1, 0.15) is 22.8 Å². The van der Waals surface area contributed by atoms with Gasteiger partial charge in [-0.3, -0.25) is 10.1 Å². The van der Waals surface area contributed by atoms with Gasteiger partial charge in [-0.1, -0.05) is 43.3 Å². The zero-order valence-electron chi connectivity index (χ0n) is 17.8. The molecule has 0 radical (unpaired) electrons. The molecule has 0 saturated heterocycles. The van der Waals surface area contributed by atoms with Crippen LogP contribution >= 0.6 is 11.3 Å². The predicted molar refractivity (Wildman–Crippen MR) is 130 cm³/mol. The number of rotatable bonds is 10. The predicted octanol–water partition coefficient (Wildman–Crippen LogP) is 4.99. The van der Waals surface area contributed by atoms with E-state index in [1.807, 2.05) is 17.5 Å². The van der Waals surface area contributed by atoms with Gasteiger partial charge in [0.2, 0.25) is 10.0 Å². The molecule has 3 aromatic rings. The van der Waals surface area contributed by atoms with Crippen LogP contribution in [0, 0.1) is 0 Å². The Morgan fingerprint density at radius 2 is 1.69 bits per heavy atom. The van der Waals surface area contributed by atoms with E-state index >= 15 is 0 Å². The first-order chi connectivity index (χ1) is 15.4. The quantitative estimate of drug-likeness (QED) is 0.426. The molecule has 0 spiro atoms. The molecule has 0 aliphatic rings. The summed E-state index contributed by atoms with van der Waals surface area (Å²) in [5, 5.41) is 5.14. The fraction of sp³-hybridized carbons (Fsp3) is 0.167. The van der Waals surface area contributed by atoms with Crippen molar-refractivity contribution >= 4 is 32.4 Å². The van der Waals surface area contributed by atoms with Crippen molar-refractivity contribution in [2.24, 2.45) is 0 Å². The summed E-state index contributed by atoms with van der Waals surface area (Å²) >= 11 is 1.34. The summed E-state index contributed by atoms with van der Waals surface area (Å²) in [6.07, 6.45) is 4.01. The first-order valence-electron chi connectivity index (χ1n) is 10.1. The second-order valence-corrected chi connectivity index (χ2v) is 9.76. The maximum Gasteiger partial charge on any atom is 0.257 e. The van der Waals surface area contributed by atoms with Gasteiger partial charge in [0.1, 0.15) is 0 Å². The average Bonchev–Trinajstić information content (AvgIpc) is 3.27. The Hall–Kier alpha value is -3.07. The van der Waals surface area contributed by atoms with Crippen LogP contribution < -0.4 is 5.32 Å². The van der Waals surface area contributed by atoms with Gasteiger partial charge in [0.25, 0.3) is 5.91 Å². The molecule has 6 nitrogen and oxygen atoms in total. The number of sulfonamides is 1. The largest absolute Gasteiger partial charge is 0.298 e. The summed E-state index contributed by atoms with van der Waals surface area (Å²) in [6, 6.07) is 14.0. The molecular formula is C24H25N3O3S2. The number of anilines is 1. The van der Waals surface area contributed by atoms with Gasteiger partial charge >= 0.3 is 0 Å². The average molecular weight is 468 g/mol. The minimum atomic E-state index is -3.71. The molecule has 1 aromatic heterocycles. The van der Waals surface area contributed by atoms with Crippen LogP contribution in [0.2, 0.25) is 0 Å². The van der Waals surface area contributed by atoms with Gasteiger partial charge in [-0.25, -0.2) is 13.4 Å². The van der Waals surface area contributed by atoms with Crippen molar-refractivity contribution in [2.75, 3.05) is 18.4 Å². The summed E-state index contributed by atoms with van der Waals surface area (Å²) in [5.74, 6) is -0.356. The number of carbonyl (C=O) groups is 1. The highest BCUT2D eigenvalue weighted by atomic mass is 32.2. The van der Waals surface area contributed by atoms with E-state index in [2.05, 4.69) is 42.5 Å². The van der Waals surface area contributed by atoms with Crippen LogP contribution in [0.4, 0.5) is 5.13 Å². The third-order valence-corrected chi connectivity index (χ3v) is 7.41. The van der Waals surface area contributed by atoms with Crippen molar-refractivity contribution in [2.45, 2.75) is 18.2 Å². The van der Waals surface area contributed by atoms with E-state index in [1.165, 1.54) is 57.6 Å². The second-order valence-electron chi connectivity index (χ2n) is 6.97. The lowest BCUT2D eigenvalue weighted by Gasteiger charge is -2.19. The second kappa shape index (κ2) is 10.5. The first kappa shape index (κ1) is 23.6. The zero-order chi connectivity index (χ0) is 23.1. The highest BCUT2D eigenvalue weighted by Crippen LogP contribution is 2.26. The Morgan fingerprint density at radius 1 is 1.06 bits per heavy atom. The van der Waals surface area contributed by atoms with E-state index in [-0.39, 0.29) is 23.9 Å². The van der Waals surface area contributed by atoms with Crippen LogP contribution in [0.5, 0.6) is 0 Å². The van der Waals surface area contributed by atoms with Gasteiger partial charge in [-0.05, 0) is 36.2 Å². The van der Waals surface area contributed by atoms with Crippen molar-refractivity contribution in [3.63, 3.8) is 0 Å². The number of aryl methyl sites for hydroxylation is 1. The fourth-order valence-corrected chi connectivity index (χ4v) is 5.13. The third kappa shape index (κ3) is 5.40. The zero-order valence-corrected chi connectivity index (χ0v) is 19.5. The van der Waals surface area contributed by atoms with E-state index in [0.717, 1.165) is 17.7 Å². The van der Waals surface area contributed by atoms with Gasteiger partial charge in [0, 0.05) is 29.6 Å². The van der Waals surface area contributed by atoms with Crippen LogP contribution in [-0.4, -0.2) is 36.7 Å². The number of aromatic nitrogens is 1. The normalized spacial score (nSPS) is 11.3. The summed E-state index contributed by atoms with van der Waals surface area (Å²) < 4.78 is 26.8. The Labute approximate surface area is 193 Å². The molecule has 0 bridgehead atoms. The Morgan fingerprint density at radius 3 is 2.25 bits per heavy atom. The molecule has 0 aliphatic heterocycles. The molecule has 1 amide bonds. The number of amides is 1. The third-order valence-electron chi connectivity index (χ3n) is 4.80. The van der Waals surface area contributed by atoms with Gasteiger partial charge in [-0.15, -0.1) is 24.5 Å². The number of nitrogens with zero attached hydrogens (tertiary/aromatic N) is 2. The number of hydrogen-bond donors (Lipinski definition) is 1. The van der Waals surface area contributed by atoms with Gasteiger partial charge in [0.05, 0.1) is 10.6 Å². The van der Waals surface area contributed by atoms with Crippen LogP contribution in [0.3, 0.4) is 0 Å². The molecule has 166 valence electrons. The van der Waals surface area contributed by atoms with Gasteiger partial charge < -0.3 is 0 Å². The monoisotopic (exact) mass is 467 g/mol. The lowest BCUT2D eigenvalue weighted by atomic mass is 10.1. The SMILES string of the molecule is C=CCN(CC=C)S(=O)(=O)c1ccc(C(=O)Nc2nc(-c3ccc(CC)cc3)cs2)cc1. The van der Waals surface area contributed by atoms with Crippen molar-refractivity contribution in [3.8, 4) is 11.3 Å². The van der Waals surface area contributed by atoms with Crippen LogP contribution in [-0.2, 0) is 16.4 Å². The lowest BCUT2D eigenvalue weighted by molar-refractivity contribution is 0.102. The number of carbonyl (C=O) groups excluding carboxylic acids is 1. The number of benzene rings is 2. The van der Waals surface area contributed by atoms with Gasteiger partial charge in [0.15, 0.2) is 5.13 Å². The number of hydrogen-bond acceptors (Lipinski definition) is 5. The number of nitrogens with one attached hydrogen (secondary N) is 1. The van der Waals surface area contributed by atoms with E-state index < -0.39 is 10.0 Å². The Balaban J connectivity index is 1.71. The first-order valence-corrected chi connectivity index (χ1v) is 12.4. The van der Waals surface area contributed by atoms with Crippen LogP contribution in [0.25, 0.3) is 11.3 Å². The molecule has 0 aliphatic carbocycles. The smallest absolute Gasteiger partial charge is 0.257 e. The Kier molecular flexibility index (Phi) is 7.74. The maximum atomic E-state index is 12.8. The lowest BCUT2D eigenvalue weighted by Crippen LogP contribution is -2.31. The molecule has 0 fully saturated rings. The Bertz CT molecular complexity index is 1190. The van der Waals surface area contributed by atoms with Gasteiger partial charge in [-0.2, -0.15) is 4.31 Å². The van der Waals surface area contributed by atoms with E-state index in [1.54, 1.807) is 0 Å².